The number of ether oxygens (including phenoxy) is 2. The number of benzene rings is 3. The van der Waals surface area contributed by atoms with E-state index in [0.29, 0.717) is 16.3 Å². The Balaban J connectivity index is 1.65. The van der Waals surface area contributed by atoms with Crippen molar-refractivity contribution >= 4 is 29.4 Å². The van der Waals surface area contributed by atoms with Crippen molar-refractivity contribution in [2.75, 3.05) is 13.2 Å². The first-order chi connectivity index (χ1) is 18.7. The highest BCUT2D eigenvalue weighted by atomic mass is 35.5. The number of aliphatic carboxylic acids is 1. The van der Waals surface area contributed by atoms with Crippen molar-refractivity contribution in [3.8, 4) is 5.75 Å². The minimum absolute atomic E-state index is 0.0110. The van der Waals surface area contributed by atoms with E-state index < -0.39 is 30.6 Å². The second kappa shape index (κ2) is 12.8. The number of hydrogen-bond donors (Lipinski definition) is 1. The first-order valence-corrected chi connectivity index (χ1v) is 13.1. The summed E-state index contributed by atoms with van der Waals surface area (Å²) in [7, 11) is 0. The molecule has 0 aliphatic carbocycles. The average Bonchev–Trinajstić information content (AvgIpc) is 2.90. The highest BCUT2D eigenvalue weighted by Gasteiger charge is 2.43. The summed E-state index contributed by atoms with van der Waals surface area (Å²) in [4.78, 5) is 41.7. The van der Waals surface area contributed by atoms with Crippen molar-refractivity contribution < 1.29 is 29.0 Å². The maximum Gasteiger partial charge on any atom is 0.323 e. The lowest BCUT2D eigenvalue weighted by Gasteiger charge is -2.42. The van der Waals surface area contributed by atoms with Crippen LogP contribution in [0.3, 0.4) is 0 Å². The quantitative estimate of drug-likeness (QED) is 0.393. The summed E-state index contributed by atoms with van der Waals surface area (Å²) >= 11 is 6.18. The van der Waals surface area contributed by atoms with Crippen LogP contribution < -0.4 is 4.74 Å². The molecule has 39 heavy (non-hydrogen) atoms. The van der Waals surface area contributed by atoms with Gasteiger partial charge in [-0.3, -0.25) is 14.4 Å². The fourth-order valence-electron chi connectivity index (χ4n) is 4.60. The molecule has 2 atom stereocenters. The van der Waals surface area contributed by atoms with Crippen molar-refractivity contribution in [3.63, 3.8) is 0 Å². The molecule has 3 aromatic rings. The van der Waals surface area contributed by atoms with Gasteiger partial charge in [-0.05, 0) is 54.8 Å². The SMILES string of the molecule is CC(C)Oc1ccc(CN(CC(=O)O)C(=O)[C@@H]2OCC(=O)N(Cc3cccc(Cl)c3)[C@@H]2c2ccccc2)cc1. The maximum absolute atomic E-state index is 13.9. The molecule has 0 radical (unpaired) electrons. The van der Waals surface area contributed by atoms with Crippen LogP contribution in [-0.2, 0) is 32.2 Å². The minimum Gasteiger partial charge on any atom is -0.491 e. The van der Waals surface area contributed by atoms with Gasteiger partial charge < -0.3 is 24.4 Å². The molecule has 0 unspecified atom stereocenters. The van der Waals surface area contributed by atoms with Gasteiger partial charge >= 0.3 is 5.97 Å². The maximum atomic E-state index is 13.9. The van der Waals surface area contributed by atoms with E-state index in [-0.39, 0.29) is 31.7 Å². The summed E-state index contributed by atoms with van der Waals surface area (Å²) in [5, 5.41) is 10.2. The zero-order valence-electron chi connectivity index (χ0n) is 21.8. The third-order valence-corrected chi connectivity index (χ3v) is 6.50. The number of halogens is 1. The Labute approximate surface area is 232 Å². The van der Waals surface area contributed by atoms with Crippen LogP contribution in [0.1, 0.15) is 36.6 Å². The second-order valence-electron chi connectivity index (χ2n) is 9.64. The summed E-state index contributed by atoms with van der Waals surface area (Å²) < 4.78 is 11.5. The molecule has 204 valence electrons. The molecule has 1 aliphatic rings. The van der Waals surface area contributed by atoms with Gasteiger partial charge in [-0.1, -0.05) is 66.2 Å². The summed E-state index contributed by atoms with van der Waals surface area (Å²) in [5.74, 6) is -1.27. The van der Waals surface area contributed by atoms with E-state index in [1.807, 2.05) is 50.2 Å². The van der Waals surface area contributed by atoms with Gasteiger partial charge in [0.2, 0.25) is 5.91 Å². The molecule has 0 spiro atoms. The molecule has 4 rings (SSSR count). The number of morpholine rings is 1. The number of rotatable bonds is 10. The van der Waals surface area contributed by atoms with E-state index in [1.54, 1.807) is 47.4 Å². The fourth-order valence-corrected chi connectivity index (χ4v) is 4.82. The van der Waals surface area contributed by atoms with Crippen molar-refractivity contribution in [2.45, 2.75) is 45.2 Å². The number of carbonyl (C=O) groups excluding carboxylic acids is 2. The van der Waals surface area contributed by atoms with Gasteiger partial charge in [0, 0.05) is 18.1 Å². The minimum atomic E-state index is -1.15. The van der Waals surface area contributed by atoms with E-state index >= 15 is 0 Å². The van der Waals surface area contributed by atoms with Crippen LogP contribution in [0.2, 0.25) is 5.02 Å². The Morgan fingerprint density at radius 2 is 1.77 bits per heavy atom. The van der Waals surface area contributed by atoms with Crippen molar-refractivity contribution in [3.05, 3.63) is 101 Å². The molecule has 1 saturated heterocycles. The summed E-state index contributed by atoms with van der Waals surface area (Å²) in [6, 6.07) is 22.7. The third kappa shape index (κ3) is 7.37. The smallest absolute Gasteiger partial charge is 0.323 e. The lowest BCUT2D eigenvalue weighted by atomic mass is 9.95. The number of carbonyl (C=O) groups is 3. The monoisotopic (exact) mass is 550 g/mol. The second-order valence-corrected chi connectivity index (χ2v) is 10.1. The van der Waals surface area contributed by atoms with Crippen LogP contribution in [0.5, 0.6) is 5.75 Å². The molecular formula is C30H31ClN2O6. The molecule has 0 bridgehead atoms. The van der Waals surface area contributed by atoms with E-state index in [2.05, 4.69) is 0 Å². The Kier molecular flexibility index (Phi) is 9.22. The highest BCUT2D eigenvalue weighted by Crippen LogP contribution is 2.33. The molecule has 2 amide bonds. The predicted molar refractivity (Wildman–Crippen MR) is 146 cm³/mol. The van der Waals surface area contributed by atoms with Gasteiger partial charge in [0.15, 0.2) is 6.10 Å². The van der Waals surface area contributed by atoms with Crippen LogP contribution >= 0.6 is 11.6 Å². The largest absolute Gasteiger partial charge is 0.491 e. The summed E-state index contributed by atoms with van der Waals surface area (Å²) in [6.45, 7) is 3.29. The molecule has 0 saturated carbocycles. The molecular weight excluding hydrogens is 520 g/mol. The Bertz CT molecular complexity index is 1300. The molecule has 8 nitrogen and oxygen atoms in total. The van der Waals surface area contributed by atoms with Gasteiger partial charge in [0.25, 0.3) is 5.91 Å². The molecule has 1 fully saturated rings. The van der Waals surface area contributed by atoms with Crippen molar-refractivity contribution in [1.29, 1.82) is 0 Å². The van der Waals surface area contributed by atoms with Crippen molar-refractivity contribution in [1.82, 2.24) is 9.80 Å². The topological polar surface area (TPSA) is 96.4 Å². The first kappa shape index (κ1) is 28.1. The molecule has 3 aromatic carbocycles. The number of carboxylic acid groups (broad SMARTS) is 1. The normalized spacial score (nSPS) is 17.2. The molecule has 1 aliphatic heterocycles. The van der Waals surface area contributed by atoms with Crippen LogP contribution in [-0.4, -0.2) is 58.0 Å². The van der Waals surface area contributed by atoms with E-state index in [9.17, 15) is 19.5 Å². The number of nitrogens with zero attached hydrogens (tertiary/aromatic N) is 2. The lowest BCUT2D eigenvalue weighted by Crippen LogP contribution is -2.55. The summed E-state index contributed by atoms with van der Waals surface area (Å²) in [5.41, 5.74) is 2.24. The molecule has 1 heterocycles. The Morgan fingerprint density at radius 1 is 1.05 bits per heavy atom. The average molecular weight is 551 g/mol. The van der Waals surface area contributed by atoms with Gasteiger partial charge in [-0.2, -0.15) is 0 Å². The standard InChI is InChI=1S/C30H31ClN2O6/c1-20(2)39-25-13-11-21(12-14-25)16-32(18-27(35)36)30(37)29-28(23-8-4-3-5-9-23)33(26(34)19-38-29)17-22-7-6-10-24(31)15-22/h3-15,20,28-29H,16-19H2,1-2H3,(H,35,36)/t28-,29-/m1/s1. The van der Waals surface area contributed by atoms with Gasteiger partial charge in [0.05, 0.1) is 12.1 Å². The van der Waals surface area contributed by atoms with E-state index in [1.165, 1.54) is 4.90 Å². The fraction of sp³-hybridized carbons (Fsp3) is 0.300. The zero-order chi connectivity index (χ0) is 27.9. The van der Waals surface area contributed by atoms with Crippen LogP contribution in [0.25, 0.3) is 0 Å². The molecule has 9 heteroatoms. The van der Waals surface area contributed by atoms with Gasteiger partial charge in [-0.15, -0.1) is 0 Å². The number of carboxylic acids is 1. The third-order valence-electron chi connectivity index (χ3n) is 6.26. The van der Waals surface area contributed by atoms with Crippen LogP contribution in [0.15, 0.2) is 78.9 Å². The van der Waals surface area contributed by atoms with Crippen molar-refractivity contribution in [2.24, 2.45) is 0 Å². The lowest BCUT2D eigenvalue weighted by molar-refractivity contribution is -0.172. The Hall–Kier alpha value is -3.88. The van der Waals surface area contributed by atoms with E-state index in [4.69, 9.17) is 21.1 Å². The van der Waals surface area contributed by atoms with Gasteiger partial charge in [0.1, 0.15) is 18.9 Å². The summed E-state index contributed by atoms with van der Waals surface area (Å²) in [6.07, 6.45) is -1.09. The zero-order valence-corrected chi connectivity index (χ0v) is 22.6. The highest BCUT2D eigenvalue weighted by molar-refractivity contribution is 6.30. The van der Waals surface area contributed by atoms with Crippen LogP contribution in [0.4, 0.5) is 0 Å². The van der Waals surface area contributed by atoms with Crippen LogP contribution in [0, 0.1) is 0 Å². The first-order valence-electron chi connectivity index (χ1n) is 12.7. The predicted octanol–water partition coefficient (Wildman–Crippen LogP) is 4.71. The number of amides is 2. The van der Waals surface area contributed by atoms with Gasteiger partial charge in [-0.25, -0.2) is 0 Å². The molecule has 1 N–H and O–H groups in total. The molecule has 0 aromatic heterocycles. The van der Waals surface area contributed by atoms with E-state index in [0.717, 1.165) is 11.1 Å². The number of hydrogen-bond acceptors (Lipinski definition) is 5. The Morgan fingerprint density at radius 3 is 2.41 bits per heavy atom.